The highest BCUT2D eigenvalue weighted by atomic mass is 79.9. The van der Waals surface area contributed by atoms with Gasteiger partial charge in [0.25, 0.3) is 0 Å². The number of hydrogen-bond acceptors (Lipinski definition) is 3. The van der Waals surface area contributed by atoms with Crippen LogP contribution in [-0.4, -0.2) is 4.98 Å². The molecule has 0 bridgehead atoms. The van der Waals surface area contributed by atoms with Gasteiger partial charge in [-0.3, -0.25) is 0 Å². The van der Waals surface area contributed by atoms with Gasteiger partial charge in [0.15, 0.2) is 0 Å². The Labute approximate surface area is 157 Å². The maximum Gasteiger partial charge on any atom is 0.142 e. The van der Waals surface area contributed by atoms with E-state index in [0.717, 1.165) is 15.6 Å². The third-order valence-electron chi connectivity index (χ3n) is 3.53. The fourth-order valence-electron chi connectivity index (χ4n) is 2.34. The van der Waals surface area contributed by atoms with Crippen LogP contribution in [0.25, 0.3) is 22.4 Å². The maximum atomic E-state index is 9.45. The fourth-order valence-corrected chi connectivity index (χ4v) is 2.90. The standard InChI is InChI=1S/C18H10BrCl2N3/c19-12-4-1-10(2-5-12)17-8-13(14(9-22)18(23)24-17)11-3-6-15(20)16(21)7-11/h1-8H,(H2,23,24). The van der Waals surface area contributed by atoms with Crippen molar-refractivity contribution in [1.29, 1.82) is 5.26 Å². The van der Waals surface area contributed by atoms with E-state index >= 15 is 0 Å². The van der Waals surface area contributed by atoms with Crippen molar-refractivity contribution in [3.63, 3.8) is 0 Å². The summed E-state index contributed by atoms with van der Waals surface area (Å²) in [4.78, 5) is 4.35. The second-order valence-corrected chi connectivity index (χ2v) is 6.79. The first kappa shape index (κ1) is 16.8. The van der Waals surface area contributed by atoms with Gasteiger partial charge in [0.05, 0.1) is 15.7 Å². The van der Waals surface area contributed by atoms with Crippen LogP contribution in [0.5, 0.6) is 0 Å². The lowest BCUT2D eigenvalue weighted by Gasteiger charge is -2.11. The van der Waals surface area contributed by atoms with E-state index in [4.69, 9.17) is 28.9 Å². The van der Waals surface area contributed by atoms with Crippen molar-refractivity contribution in [1.82, 2.24) is 4.98 Å². The van der Waals surface area contributed by atoms with Gasteiger partial charge >= 0.3 is 0 Å². The minimum absolute atomic E-state index is 0.180. The summed E-state index contributed by atoms with van der Waals surface area (Å²) in [5, 5.41) is 10.3. The van der Waals surface area contributed by atoms with Crippen molar-refractivity contribution in [2.75, 3.05) is 5.73 Å². The Kier molecular flexibility index (Phi) is 4.77. The summed E-state index contributed by atoms with van der Waals surface area (Å²) in [6.45, 7) is 0. The molecule has 0 fully saturated rings. The number of rotatable bonds is 2. The van der Waals surface area contributed by atoms with E-state index in [-0.39, 0.29) is 5.82 Å². The average molecular weight is 419 g/mol. The molecule has 6 heteroatoms. The Morgan fingerprint density at radius 3 is 2.25 bits per heavy atom. The van der Waals surface area contributed by atoms with Crippen molar-refractivity contribution < 1.29 is 0 Å². The van der Waals surface area contributed by atoms with E-state index in [2.05, 4.69) is 27.0 Å². The molecule has 0 spiro atoms. The van der Waals surface area contributed by atoms with E-state index in [0.29, 0.717) is 26.9 Å². The lowest BCUT2D eigenvalue weighted by molar-refractivity contribution is 1.31. The van der Waals surface area contributed by atoms with Crippen molar-refractivity contribution in [2.45, 2.75) is 0 Å². The summed E-state index contributed by atoms with van der Waals surface area (Å²) in [7, 11) is 0. The predicted molar refractivity (Wildman–Crippen MR) is 102 cm³/mol. The molecule has 0 atom stereocenters. The van der Waals surface area contributed by atoms with Crippen LogP contribution in [0.2, 0.25) is 10.0 Å². The predicted octanol–water partition coefficient (Wildman–Crippen LogP) is 5.94. The first-order chi connectivity index (χ1) is 11.5. The van der Waals surface area contributed by atoms with Gasteiger partial charge < -0.3 is 5.73 Å². The average Bonchev–Trinajstić information content (AvgIpc) is 2.57. The lowest BCUT2D eigenvalue weighted by Crippen LogP contribution is -1.99. The van der Waals surface area contributed by atoms with Gasteiger partial charge in [0.2, 0.25) is 0 Å². The summed E-state index contributed by atoms with van der Waals surface area (Å²) in [6, 6.07) is 16.8. The summed E-state index contributed by atoms with van der Waals surface area (Å²) in [6.07, 6.45) is 0. The molecule has 3 aromatic rings. The summed E-state index contributed by atoms with van der Waals surface area (Å²) < 4.78 is 0.970. The second kappa shape index (κ2) is 6.82. The van der Waals surface area contributed by atoms with Crippen molar-refractivity contribution >= 4 is 44.9 Å². The number of benzene rings is 2. The molecule has 0 saturated heterocycles. The van der Waals surface area contributed by atoms with Crippen molar-refractivity contribution in [3.05, 3.63) is 68.6 Å². The number of halogens is 3. The van der Waals surface area contributed by atoms with Crippen molar-refractivity contribution in [2.24, 2.45) is 0 Å². The molecule has 3 rings (SSSR count). The first-order valence-corrected chi connectivity index (χ1v) is 8.46. The summed E-state index contributed by atoms with van der Waals surface area (Å²) >= 11 is 15.5. The Balaban J connectivity index is 2.22. The molecule has 0 aliphatic rings. The minimum Gasteiger partial charge on any atom is -0.383 e. The van der Waals surface area contributed by atoms with Gasteiger partial charge in [0.1, 0.15) is 17.5 Å². The van der Waals surface area contributed by atoms with Crippen LogP contribution in [0, 0.1) is 11.3 Å². The first-order valence-electron chi connectivity index (χ1n) is 6.91. The Hall–Kier alpha value is -2.06. The molecular formula is C18H10BrCl2N3. The van der Waals surface area contributed by atoms with E-state index < -0.39 is 0 Å². The highest BCUT2D eigenvalue weighted by Gasteiger charge is 2.14. The van der Waals surface area contributed by atoms with E-state index in [1.807, 2.05) is 30.3 Å². The van der Waals surface area contributed by atoms with Gasteiger partial charge in [-0.2, -0.15) is 5.26 Å². The molecule has 2 N–H and O–H groups in total. The lowest BCUT2D eigenvalue weighted by atomic mass is 9.98. The molecule has 1 aromatic heterocycles. The molecule has 0 unspecified atom stereocenters. The van der Waals surface area contributed by atoms with Crippen LogP contribution < -0.4 is 5.73 Å². The van der Waals surface area contributed by atoms with E-state index in [1.54, 1.807) is 18.2 Å². The quantitative estimate of drug-likeness (QED) is 0.560. The van der Waals surface area contributed by atoms with Crippen LogP contribution in [0.3, 0.4) is 0 Å². The Bertz CT molecular complexity index is 963. The molecular weight excluding hydrogens is 409 g/mol. The normalized spacial score (nSPS) is 10.4. The third kappa shape index (κ3) is 3.25. The highest BCUT2D eigenvalue weighted by Crippen LogP contribution is 2.34. The molecule has 24 heavy (non-hydrogen) atoms. The van der Waals surface area contributed by atoms with Crippen molar-refractivity contribution in [3.8, 4) is 28.5 Å². The number of hydrogen-bond donors (Lipinski definition) is 1. The zero-order valence-electron chi connectivity index (χ0n) is 12.2. The number of pyridine rings is 1. The summed E-state index contributed by atoms with van der Waals surface area (Å²) in [5.41, 5.74) is 9.32. The van der Waals surface area contributed by atoms with Gasteiger partial charge in [0, 0.05) is 15.6 Å². The molecule has 0 radical (unpaired) electrons. The Morgan fingerprint density at radius 1 is 0.958 bits per heavy atom. The topological polar surface area (TPSA) is 62.7 Å². The van der Waals surface area contributed by atoms with Gasteiger partial charge in [-0.1, -0.05) is 57.3 Å². The smallest absolute Gasteiger partial charge is 0.142 e. The van der Waals surface area contributed by atoms with Crippen LogP contribution in [0.1, 0.15) is 5.56 Å². The summed E-state index contributed by atoms with van der Waals surface area (Å²) in [5.74, 6) is 0.180. The van der Waals surface area contributed by atoms with Crippen LogP contribution in [0.4, 0.5) is 5.82 Å². The molecule has 0 amide bonds. The van der Waals surface area contributed by atoms with Crippen LogP contribution >= 0.6 is 39.1 Å². The van der Waals surface area contributed by atoms with Gasteiger partial charge in [-0.05, 0) is 35.9 Å². The number of nitriles is 1. The highest BCUT2D eigenvalue weighted by molar-refractivity contribution is 9.10. The SMILES string of the molecule is N#Cc1c(-c2ccc(Cl)c(Cl)c2)cc(-c2ccc(Br)cc2)nc1N. The van der Waals surface area contributed by atoms with Gasteiger partial charge in [-0.15, -0.1) is 0 Å². The zero-order chi connectivity index (χ0) is 17.3. The molecule has 0 aliphatic heterocycles. The largest absolute Gasteiger partial charge is 0.383 e. The van der Waals surface area contributed by atoms with Crippen LogP contribution in [0.15, 0.2) is 53.0 Å². The number of nitrogens with zero attached hydrogens (tertiary/aromatic N) is 2. The number of nitrogens with two attached hydrogens (primary N) is 1. The molecule has 2 aromatic carbocycles. The Morgan fingerprint density at radius 2 is 1.62 bits per heavy atom. The number of nitrogen functional groups attached to an aromatic ring is 1. The molecule has 1 heterocycles. The monoisotopic (exact) mass is 417 g/mol. The molecule has 0 aliphatic carbocycles. The fraction of sp³-hybridized carbons (Fsp3) is 0. The minimum atomic E-state index is 0.180. The van der Waals surface area contributed by atoms with E-state index in [9.17, 15) is 5.26 Å². The number of anilines is 1. The van der Waals surface area contributed by atoms with E-state index in [1.165, 1.54) is 0 Å². The molecule has 3 nitrogen and oxygen atoms in total. The maximum absolute atomic E-state index is 9.45. The zero-order valence-corrected chi connectivity index (χ0v) is 15.3. The van der Waals surface area contributed by atoms with Gasteiger partial charge in [-0.25, -0.2) is 4.98 Å². The molecule has 118 valence electrons. The second-order valence-electron chi connectivity index (χ2n) is 5.06. The number of aromatic nitrogens is 1. The van der Waals surface area contributed by atoms with Crippen LogP contribution in [-0.2, 0) is 0 Å². The molecule has 0 saturated carbocycles. The third-order valence-corrected chi connectivity index (χ3v) is 4.80.